The zero-order valence-corrected chi connectivity index (χ0v) is 29.6. The first-order valence-corrected chi connectivity index (χ1v) is 19.5. The van der Waals surface area contributed by atoms with E-state index in [1.807, 2.05) is 16.4 Å². The summed E-state index contributed by atoms with van der Waals surface area (Å²) >= 11 is 0. The van der Waals surface area contributed by atoms with Crippen molar-refractivity contribution in [3.05, 3.63) is 41.5 Å². The standard InChI is InChI=1S/C39H56N2O4S/c1-35(2)28(26-10-12-27(13-11-26)34(43)44)16-19-36(3)31(35)17-20-38(5)32(36)15-14-29-30-9-8-18-39(30,22-21-37(29,38)4)40-33(42)25-41-23-6-7-24-46(41)45/h10-13,16,29-32H,6-9,14-15,17-25H2,1-5H3,(H,40,42)(H,43,44)/t29-,30?,31?,32?,36+,37-,38-,39+,46?/m1/s1. The number of nitrogens with one attached hydrogen (secondary N) is 1. The van der Waals surface area contributed by atoms with Gasteiger partial charge in [0.25, 0.3) is 0 Å². The molecular weight excluding hydrogens is 593 g/mol. The summed E-state index contributed by atoms with van der Waals surface area (Å²) in [5.41, 5.74) is 3.54. The molecule has 4 saturated carbocycles. The Morgan fingerprint density at radius 3 is 2.35 bits per heavy atom. The van der Waals surface area contributed by atoms with E-state index in [9.17, 15) is 18.9 Å². The van der Waals surface area contributed by atoms with E-state index in [4.69, 9.17) is 0 Å². The number of nitrogens with zero attached hydrogens (tertiary/aromatic N) is 1. The zero-order valence-electron chi connectivity index (χ0n) is 28.8. The summed E-state index contributed by atoms with van der Waals surface area (Å²) in [4.78, 5) is 25.0. The van der Waals surface area contributed by atoms with Gasteiger partial charge < -0.3 is 10.4 Å². The van der Waals surface area contributed by atoms with E-state index in [1.165, 1.54) is 56.1 Å². The van der Waals surface area contributed by atoms with Crippen molar-refractivity contribution in [1.82, 2.24) is 9.62 Å². The fourth-order valence-corrected chi connectivity index (χ4v) is 14.4. The molecule has 1 aliphatic heterocycles. The van der Waals surface area contributed by atoms with Gasteiger partial charge in [-0.15, -0.1) is 0 Å². The van der Waals surface area contributed by atoms with E-state index in [2.05, 4.69) is 46.0 Å². The number of benzene rings is 1. The second-order valence-electron chi connectivity index (χ2n) is 17.4. The van der Waals surface area contributed by atoms with E-state index >= 15 is 0 Å². The third-order valence-corrected chi connectivity index (χ3v) is 16.9. The van der Waals surface area contributed by atoms with Crippen molar-refractivity contribution in [2.75, 3.05) is 18.8 Å². The number of fused-ring (bicyclic) bond motifs is 7. The van der Waals surface area contributed by atoms with Gasteiger partial charge in [0.1, 0.15) is 0 Å². The molecule has 7 rings (SSSR count). The highest BCUT2D eigenvalue weighted by Gasteiger charge is 2.69. The van der Waals surface area contributed by atoms with Gasteiger partial charge in [-0.2, -0.15) is 0 Å². The van der Waals surface area contributed by atoms with Crippen LogP contribution in [0.1, 0.15) is 128 Å². The van der Waals surface area contributed by atoms with Crippen LogP contribution in [-0.2, 0) is 15.8 Å². The number of amides is 1. The lowest BCUT2D eigenvalue weighted by Crippen LogP contribution is -2.68. The molecule has 0 radical (unpaired) electrons. The van der Waals surface area contributed by atoms with Crippen LogP contribution in [0.2, 0.25) is 0 Å². The molecule has 252 valence electrons. The highest BCUT2D eigenvalue weighted by molar-refractivity contribution is 7.82. The number of carboxylic acids is 1. The number of carbonyl (C=O) groups excluding carboxylic acids is 1. The second-order valence-corrected chi connectivity index (χ2v) is 19.0. The molecule has 0 spiro atoms. The van der Waals surface area contributed by atoms with Crippen LogP contribution in [0.25, 0.3) is 5.57 Å². The Bertz CT molecular complexity index is 1450. The quantitative estimate of drug-likeness (QED) is 0.340. The topological polar surface area (TPSA) is 86.7 Å². The van der Waals surface area contributed by atoms with Crippen molar-refractivity contribution >= 4 is 28.4 Å². The molecule has 1 aromatic rings. The van der Waals surface area contributed by atoms with Crippen LogP contribution in [0.4, 0.5) is 0 Å². The molecule has 6 aliphatic rings. The van der Waals surface area contributed by atoms with Gasteiger partial charge >= 0.3 is 5.97 Å². The highest BCUT2D eigenvalue weighted by Crippen LogP contribution is 2.76. The lowest BCUT2D eigenvalue weighted by atomic mass is 9.33. The maximum atomic E-state index is 13.5. The van der Waals surface area contributed by atoms with E-state index in [0.29, 0.717) is 35.0 Å². The SMILES string of the molecule is CC1(C)C(c2ccc(C(=O)O)cc2)=CC[C@@]2(C)C1CC[C@]1(C)C2CC[C@@H]2C3CCC[C@]3(NC(=O)CN3CCCCS3=O)CC[C@]21C. The number of hydrogen-bond acceptors (Lipinski definition) is 3. The number of hydrogen-bond donors (Lipinski definition) is 2. The Morgan fingerprint density at radius 1 is 0.870 bits per heavy atom. The van der Waals surface area contributed by atoms with Crippen molar-refractivity contribution in [2.45, 2.75) is 117 Å². The molecule has 0 aromatic heterocycles. The lowest BCUT2D eigenvalue weighted by molar-refractivity contribution is -0.217. The predicted octanol–water partition coefficient (Wildman–Crippen LogP) is 7.86. The molecule has 5 aliphatic carbocycles. The van der Waals surface area contributed by atoms with Crippen LogP contribution >= 0.6 is 0 Å². The molecule has 4 unspecified atom stereocenters. The van der Waals surface area contributed by atoms with Crippen LogP contribution in [0.15, 0.2) is 30.3 Å². The van der Waals surface area contributed by atoms with Gasteiger partial charge in [-0.1, -0.05) is 59.2 Å². The lowest BCUT2D eigenvalue weighted by Gasteiger charge is -2.72. The Labute approximate surface area is 279 Å². The van der Waals surface area contributed by atoms with Crippen LogP contribution in [-0.4, -0.2) is 49.9 Å². The van der Waals surface area contributed by atoms with Crippen molar-refractivity contribution < 1.29 is 18.9 Å². The molecule has 46 heavy (non-hydrogen) atoms. The summed E-state index contributed by atoms with van der Waals surface area (Å²) in [5.74, 6) is 2.30. The van der Waals surface area contributed by atoms with Gasteiger partial charge in [0, 0.05) is 17.8 Å². The molecule has 0 bridgehead atoms. The van der Waals surface area contributed by atoms with E-state index in [1.54, 1.807) is 12.1 Å². The van der Waals surface area contributed by atoms with Gasteiger partial charge in [-0.25, -0.2) is 13.3 Å². The normalized spacial score (nSPS) is 43.3. The van der Waals surface area contributed by atoms with Gasteiger partial charge in [-0.05, 0) is 139 Å². The molecule has 5 fully saturated rings. The molecule has 6 nitrogen and oxygen atoms in total. The van der Waals surface area contributed by atoms with Crippen molar-refractivity contribution in [3.8, 4) is 0 Å². The minimum Gasteiger partial charge on any atom is -0.478 e. The summed E-state index contributed by atoms with van der Waals surface area (Å²) in [6, 6.07) is 7.54. The van der Waals surface area contributed by atoms with Crippen LogP contribution in [0.3, 0.4) is 0 Å². The highest BCUT2D eigenvalue weighted by atomic mass is 32.2. The van der Waals surface area contributed by atoms with Crippen LogP contribution in [0.5, 0.6) is 0 Å². The summed E-state index contributed by atoms with van der Waals surface area (Å²) < 4.78 is 14.5. The van der Waals surface area contributed by atoms with E-state index in [0.717, 1.165) is 38.6 Å². The number of aromatic carboxylic acids is 1. The van der Waals surface area contributed by atoms with Crippen molar-refractivity contribution in [2.24, 2.45) is 45.3 Å². The van der Waals surface area contributed by atoms with Crippen LogP contribution < -0.4 is 5.32 Å². The van der Waals surface area contributed by atoms with Gasteiger partial charge in [0.05, 0.1) is 23.1 Å². The molecule has 1 saturated heterocycles. The first-order valence-electron chi connectivity index (χ1n) is 18.2. The third-order valence-electron chi connectivity index (χ3n) is 15.4. The van der Waals surface area contributed by atoms with Gasteiger partial charge in [0.15, 0.2) is 0 Å². The zero-order chi connectivity index (χ0) is 32.7. The largest absolute Gasteiger partial charge is 0.478 e. The molecule has 7 heteroatoms. The minimum atomic E-state index is -1.02. The smallest absolute Gasteiger partial charge is 0.335 e. The Balaban J connectivity index is 1.13. The number of rotatable bonds is 5. The van der Waals surface area contributed by atoms with Crippen molar-refractivity contribution in [1.29, 1.82) is 0 Å². The maximum absolute atomic E-state index is 13.5. The summed E-state index contributed by atoms with van der Waals surface area (Å²) in [7, 11) is -1.02. The fraction of sp³-hybridized carbons (Fsp3) is 0.744. The number of carboxylic acid groups (broad SMARTS) is 1. The monoisotopic (exact) mass is 648 g/mol. The molecule has 2 N–H and O–H groups in total. The minimum absolute atomic E-state index is 0.00625. The van der Waals surface area contributed by atoms with Gasteiger partial charge in [0.2, 0.25) is 5.91 Å². The number of carbonyl (C=O) groups is 2. The number of allylic oxidation sites excluding steroid dienone is 2. The first-order chi connectivity index (χ1) is 21.8. The fourth-order valence-electron chi connectivity index (χ4n) is 13.0. The average molecular weight is 649 g/mol. The maximum Gasteiger partial charge on any atom is 0.335 e. The summed E-state index contributed by atoms with van der Waals surface area (Å²) in [6.07, 6.45) is 16.4. The van der Waals surface area contributed by atoms with E-state index < -0.39 is 17.0 Å². The van der Waals surface area contributed by atoms with E-state index in [-0.39, 0.29) is 39.7 Å². The molecular formula is C39H56N2O4S. The summed E-state index contributed by atoms with van der Waals surface area (Å²) in [6.45, 7) is 13.8. The Hall–Kier alpha value is -1.99. The third kappa shape index (κ3) is 4.75. The average Bonchev–Trinajstić information content (AvgIpc) is 3.42. The first kappa shape index (κ1) is 32.6. The summed E-state index contributed by atoms with van der Waals surface area (Å²) in [5, 5.41) is 13.1. The van der Waals surface area contributed by atoms with Crippen molar-refractivity contribution in [3.63, 3.8) is 0 Å². The van der Waals surface area contributed by atoms with Crippen LogP contribution in [0, 0.1) is 45.3 Å². The Morgan fingerprint density at radius 2 is 1.63 bits per heavy atom. The molecule has 1 amide bonds. The Kier molecular flexibility index (Phi) is 7.99. The molecule has 1 aromatic carbocycles. The molecule has 9 atom stereocenters. The predicted molar refractivity (Wildman–Crippen MR) is 184 cm³/mol. The molecule has 1 heterocycles. The second kappa shape index (κ2) is 11.3. The van der Waals surface area contributed by atoms with Gasteiger partial charge in [-0.3, -0.25) is 4.79 Å².